The summed E-state index contributed by atoms with van der Waals surface area (Å²) >= 11 is 0. The molecule has 1 atom stereocenters. The number of hydrogen-bond donors (Lipinski definition) is 1. The molecule has 1 fully saturated rings. The van der Waals surface area contributed by atoms with E-state index < -0.39 is 0 Å². The Kier molecular flexibility index (Phi) is 3.89. The summed E-state index contributed by atoms with van der Waals surface area (Å²) in [6.45, 7) is 2.31. The van der Waals surface area contributed by atoms with E-state index in [0.717, 1.165) is 24.8 Å². The quantitative estimate of drug-likeness (QED) is 0.795. The van der Waals surface area contributed by atoms with Crippen LogP contribution in [0.5, 0.6) is 0 Å². The van der Waals surface area contributed by atoms with Crippen LogP contribution in [0.15, 0.2) is 24.3 Å². The first kappa shape index (κ1) is 12.2. The standard InChI is InChI=1S/C14H23N3/c1-16(2)13-4-3-10-17(11-9-13)14-7-5-12(15)6-8-14/h5-8,13H,3-4,9-11,15H2,1-2H3. The molecule has 1 saturated heterocycles. The number of nitrogen functional groups attached to an aromatic ring is 1. The van der Waals surface area contributed by atoms with E-state index in [9.17, 15) is 0 Å². The highest BCUT2D eigenvalue weighted by atomic mass is 15.2. The molecule has 0 aromatic heterocycles. The van der Waals surface area contributed by atoms with E-state index in [1.807, 2.05) is 12.1 Å². The lowest BCUT2D eigenvalue weighted by atomic mass is 10.1. The SMILES string of the molecule is CN(C)C1CCCN(c2ccc(N)cc2)CC1. The summed E-state index contributed by atoms with van der Waals surface area (Å²) in [5.74, 6) is 0. The molecule has 0 radical (unpaired) electrons. The predicted molar refractivity (Wildman–Crippen MR) is 74.4 cm³/mol. The van der Waals surface area contributed by atoms with Gasteiger partial charge in [0, 0.05) is 30.5 Å². The lowest BCUT2D eigenvalue weighted by Crippen LogP contribution is -2.30. The van der Waals surface area contributed by atoms with Crippen LogP contribution in [0.4, 0.5) is 11.4 Å². The molecule has 3 nitrogen and oxygen atoms in total. The molecule has 2 rings (SSSR count). The van der Waals surface area contributed by atoms with Gasteiger partial charge in [-0.05, 0) is 57.6 Å². The molecule has 0 aliphatic carbocycles. The van der Waals surface area contributed by atoms with E-state index in [1.54, 1.807) is 0 Å². The van der Waals surface area contributed by atoms with Crippen molar-refractivity contribution in [2.24, 2.45) is 0 Å². The van der Waals surface area contributed by atoms with E-state index in [4.69, 9.17) is 5.73 Å². The number of anilines is 2. The Morgan fingerprint density at radius 3 is 2.47 bits per heavy atom. The largest absolute Gasteiger partial charge is 0.399 e. The summed E-state index contributed by atoms with van der Waals surface area (Å²) in [4.78, 5) is 4.83. The minimum atomic E-state index is 0.730. The Hall–Kier alpha value is -1.22. The molecule has 94 valence electrons. The van der Waals surface area contributed by atoms with Crippen LogP contribution in [-0.4, -0.2) is 38.1 Å². The van der Waals surface area contributed by atoms with Crippen LogP contribution >= 0.6 is 0 Å². The van der Waals surface area contributed by atoms with Crippen LogP contribution in [-0.2, 0) is 0 Å². The number of nitrogens with zero attached hydrogens (tertiary/aromatic N) is 2. The second kappa shape index (κ2) is 5.41. The molecule has 3 heteroatoms. The zero-order chi connectivity index (χ0) is 12.3. The van der Waals surface area contributed by atoms with Gasteiger partial charge in [-0.25, -0.2) is 0 Å². The fourth-order valence-electron chi connectivity index (χ4n) is 2.54. The maximum absolute atomic E-state index is 5.72. The molecule has 0 amide bonds. The normalized spacial score (nSPS) is 21.6. The van der Waals surface area contributed by atoms with Crippen LogP contribution < -0.4 is 10.6 Å². The highest BCUT2D eigenvalue weighted by Gasteiger charge is 2.18. The third-order valence-electron chi connectivity index (χ3n) is 3.69. The van der Waals surface area contributed by atoms with Crippen LogP contribution in [0.3, 0.4) is 0 Å². The smallest absolute Gasteiger partial charge is 0.0367 e. The van der Waals surface area contributed by atoms with Gasteiger partial charge in [-0.1, -0.05) is 0 Å². The van der Waals surface area contributed by atoms with E-state index in [1.165, 1.54) is 24.9 Å². The summed E-state index contributed by atoms with van der Waals surface area (Å²) in [6, 6.07) is 8.97. The molecule has 1 aliphatic heterocycles. The monoisotopic (exact) mass is 233 g/mol. The molecule has 2 N–H and O–H groups in total. The van der Waals surface area contributed by atoms with Crippen molar-refractivity contribution < 1.29 is 0 Å². The lowest BCUT2D eigenvalue weighted by molar-refractivity contribution is 0.272. The summed E-state index contributed by atoms with van der Waals surface area (Å²) < 4.78 is 0. The number of nitrogens with two attached hydrogens (primary N) is 1. The average Bonchev–Trinajstić information content (AvgIpc) is 2.55. The zero-order valence-electron chi connectivity index (χ0n) is 10.9. The molecule has 0 spiro atoms. The highest BCUT2D eigenvalue weighted by Crippen LogP contribution is 2.22. The molecule has 17 heavy (non-hydrogen) atoms. The summed E-state index contributed by atoms with van der Waals surface area (Å²) in [6.07, 6.45) is 3.82. The van der Waals surface area contributed by atoms with E-state index in [-0.39, 0.29) is 0 Å². The zero-order valence-corrected chi connectivity index (χ0v) is 10.9. The maximum atomic E-state index is 5.72. The third-order valence-corrected chi connectivity index (χ3v) is 3.69. The van der Waals surface area contributed by atoms with Crippen LogP contribution in [0.2, 0.25) is 0 Å². The minimum Gasteiger partial charge on any atom is -0.399 e. The van der Waals surface area contributed by atoms with Gasteiger partial charge < -0.3 is 15.5 Å². The van der Waals surface area contributed by atoms with Gasteiger partial charge in [-0.3, -0.25) is 0 Å². The maximum Gasteiger partial charge on any atom is 0.0367 e. The van der Waals surface area contributed by atoms with E-state index >= 15 is 0 Å². The van der Waals surface area contributed by atoms with Crippen molar-refractivity contribution >= 4 is 11.4 Å². The van der Waals surface area contributed by atoms with E-state index in [0.29, 0.717) is 0 Å². The number of rotatable bonds is 2. The van der Waals surface area contributed by atoms with Gasteiger partial charge in [0.2, 0.25) is 0 Å². The van der Waals surface area contributed by atoms with E-state index in [2.05, 4.69) is 36.0 Å². The molecule has 1 unspecified atom stereocenters. The number of benzene rings is 1. The van der Waals surface area contributed by atoms with Gasteiger partial charge in [0.1, 0.15) is 0 Å². The molecule has 1 heterocycles. The molecule has 1 aromatic carbocycles. The Morgan fingerprint density at radius 2 is 1.82 bits per heavy atom. The lowest BCUT2D eigenvalue weighted by Gasteiger charge is -2.24. The van der Waals surface area contributed by atoms with Crippen molar-refractivity contribution in [1.82, 2.24) is 4.90 Å². The highest BCUT2D eigenvalue weighted by molar-refractivity contribution is 5.53. The summed E-state index contributed by atoms with van der Waals surface area (Å²) in [5, 5.41) is 0. The molecule has 0 bridgehead atoms. The van der Waals surface area contributed by atoms with Crippen molar-refractivity contribution in [3.8, 4) is 0 Å². The topological polar surface area (TPSA) is 32.5 Å². The fourth-order valence-corrected chi connectivity index (χ4v) is 2.54. The van der Waals surface area contributed by atoms with Gasteiger partial charge >= 0.3 is 0 Å². The van der Waals surface area contributed by atoms with Crippen LogP contribution in [0, 0.1) is 0 Å². The second-order valence-corrected chi connectivity index (χ2v) is 5.13. The molecular weight excluding hydrogens is 210 g/mol. The second-order valence-electron chi connectivity index (χ2n) is 5.13. The number of hydrogen-bond acceptors (Lipinski definition) is 3. The van der Waals surface area contributed by atoms with Crippen molar-refractivity contribution in [3.05, 3.63) is 24.3 Å². The van der Waals surface area contributed by atoms with Gasteiger partial charge in [0.05, 0.1) is 0 Å². The van der Waals surface area contributed by atoms with Crippen LogP contribution in [0.1, 0.15) is 19.3 Å². The predicted octanol–water partition coefficient (Wildman–Crippen LogP) is 2.19. The van der Waals surface area contributed by atoms with Crippen molar-refractivity contribution in [3.63, 3.8) is 0 Å². The molecule has 1 aromatic rings. The minimum absolute atomic E-state index is 0.730. The van der Waals surface area contributed by atoms with Crippen molar-refractivity contribution in [2.75, 3.05) is 37.8 Å². The first-order chi connectivity index (χ1) is 8.16. The van der Waals surface area contributed by atoms with Gasteiger partial charge in [0.25, 0.3) is 0 Å². The summed E-state index contributed by atoms with van der Waals surface area (Å²) in [5.41, 5.74) is 7.87. The fraction of sp³-hybridized carbons (Fsp3) is 0.571. The Labute approximate surface area is 104 Å². The third kappa shape index (κ3) is 3.13. The average molecular weight is 233 g/mol. The molecule has 1 aliphatic rings. The molecule has 0 saturated carbocycles. The van der Waals surface area contributed by atoms with Crippen LogP contribution in [0.25, 0.3) is 0 Å². The Bertz CT molecular complexity index is 345. The molecular formula is C14H23N3. The Morgan fingerprint density at radius 1 is 1.12 bits per heavy atom. The first-order valence-electron chi connectivity index (χ1n) is 6.44. The van der Waals surface area contributed by atoms with Gasteiger partial charge in [-0.2, -0.15) is 0 Å². The first-order valence-corrected chi connectivity index (χ1v) is 6.44. The van der Waals surface area contributed by atoms with Gasteiger partial charge in [-0.15, -0.1) is 0 Å². The van der Waals surface area contributed by atoms with Gasteiger partial charge in [0.15, 0.2) is 0 Å². The van der Waals surface area contributed by atoms with Crippen molar-refractivity contribution in [1.29, 1.82) is 0 Å². The summed E-state index contributed by atoms with van der Waals surface area (Å²) in [7, 11) is 4.37. The van der Waals surface area contributed by atoms with Crippen molar-refractivity contribution in [2.45, 2.75) is 25.3 Å². The Balaban J connectivity index is 2.01.